The van der Waals surface area contributed by atoms with Crippen molar-refractivity contribution >= 4 is 0 Å². The van der Waals surface area contributed by atoms with Gasteiger partial charge >= 0.3 is 0 Å². The van der Waals surface area contributed by atoms with Crippen LogP contribution in [0, 0.1) is 70.0 Å². The van der Waals surface area contributed by atoms with Gasteiger partial charge in [0.05, 0.1) is 24.4 Å². The van der Waals surface area contributed by atoms with Crippen molar-refractivity contribution in [2.45, 2.75) is 361 Å². The van der Waals surface area contributed by atoms with Crippen LogP contribution in [0.1, 0.15) is 300 Å². The van der Waals surface area contributed by atoms with Crippen LogP contribution in [-0.4, -0.2) is 70.5 Å². The average molecular weight is 1000 g/mol. The van der Waals surface area contributed by atoms with Crippen molar-refractivity contribution in [1.29, 1.82) is 0 Å². The Hall–Kier alpha value is -0.160. The number of hydrogen-bond acceptors (Lipinski definition) is 4. The largest absolute Gasteiger partial charge is 0.375 e. The average Bonchev–Trinajstić information content (AvgIpc) is 3.37. The second-order valence-electron chi connectivity index (χ2n) is 30.8. The zero-order valence-corrected chi connectivity index (χ0v) is 49.7. The fraction of sp³-hybridized carbons (Fsp3) is 1.00. The second-order valence-corrected chi connectivity index (χ2v) is 30.8. The molecule has 0 radical (unpaired) electrons. The van der Waals surface area contributed by atoms with Crippen LogP contribution in [0.15, 0.2) is 0 Å². The third-order valence-corrected chi connectivity index (χ3v) is 24.0. The first-order valence-corrected chi connectivity index (χ1v) is 33.5. The Kier molecular flexibility index (Phi) is 20.2. The molecule has 9 rings (SSSR count). The SMILES string of the molecule is CCCCC1CCC(OC2CCC3C(C2)C(N(C2CCC(C)CC2)C2CCC(C(C)(C)C)CC2)C2CCC(OC4CCC(CCCC)CC4)CC2C3N(C2CCC(C)CC2)C2CCC(C(C)(C)C)CC2)CC1. The summed E-state index contributed by atoms with van der Waals surface area (Å²) in [6, 6.07) is 4.54. The van der Waals surface area contributed by atoms with E-state index in [1.165, 1.54) is 231 Å². The van der Waals surface area contributed by atoms with Crippen molar-refractivity contribution in [3.63, 3.8) is 0 Å². The molecule has 0 aromatic heterocycles. The van der Waals surface area contributed by atoms with Gasteiger partial charge in [-0.2, -0.15) is 0 Å². The smallest absolute Gasteiger partial charge is 0.0582 e. The molecule has 0 aromatic carbocycles. The topological polar surface area (TPSA) is 24.9 Å². The first-order chi connectivity index (χ1) is 34.7. The molecule has 4 heteroatoms. The van der Waals surface area contributed by atoms with E-state index in [-0.39, 0.29) is 0 Å². The van der Waals surface area contributed by atoms with Gasteiger partial charge in [-0.3, -0.25) is 9.80 Å². The van der Waals surface area contributed by atoms with Gasteiger partial charge in [-0.15, -0.1) is 0 Å². The molecule has 8 unspecified atom stereocenters. The monoisotopic (exact) mass is 999 g/mol. The van der Waals surface area contributed by atoms with Crippen molar-refractivity contribution in [3.8, 4) is 0 Å². The van der Waals surface area contributed by atoms with Gasteiger partial charge in [0.15, 0.2) is 0 Å². The number of ether oxygens (including phenoxy) is 2. The molecule has 9 saturated carbocycles. The summed E-state index contributed by atoms with van der Waals surface area (Å²) < 4.78 is 15.2. The van der Waals surface area contributed by atoms with E-state index in [1.54, 1.807) is 0 Å². The summed E-state index contributed by atoms with van der Waals surface area (Å²) in [6.45, 7) is 25.3. The number of fused-ring (bicyclic) bond motifs is 2. The molecule has 9 fully saturated rings. The van der Waals surface area contributed by atoms with Crippen LogP contribution in [-0.2, 0) is 9.47 Å². The van der Waals surface area contributed by atoms with Gasteiger partial charge in [0.1, 0.15) is 0 Å². The Morgan fingerprint density at radius 3 is 0.958 bits per heavy atom. The Morgan fingerprint density at radius 1 is 0.347 bits per heavy atom. The first kappa shape index (κ1) is 56.6. The zero-order valence-electron chi connectivity index (χ0n) is 49.7. The van der Waals surface area contributed by atoms with E-state index in [9.17, 15) is 0 Å². The van der Waals surface area contributed by atoms with Gasteiger partial charge in [-0.05, 0) is 263 Å². The third kappa shape index (κ3) is 14.0. The zero-order chi connectivity index (χ0) is 50.6. The van der Waals surface area contributed by atoms with E-state index in [0.717, 1.165) is 95.4 Å². The highest BCUT2D eigenvalue weighted by Gasteiger charge is 2.60. The number of rotatable bonds is 16. The van der Waals surface area contributed by atoms with Gasteiger partial charge in [-0.25, -0.2) is 0 Å². The summed E-state index contributed by atoms with van der Waals surface area (Å²) in [7, 11) is 0. The number of unbranched alkanes of at least 4 members (excludes halogenated alkanes) is 2. The molecule has 0 saturated heterocycles. The van der Waals surface area contributed by atoms with Crippen LogP contribution in [0.2, 0.25) is 0 Å². The van der Waals surface area contributed by atoms with Gasteiger partial charge in [0, 0.05) is 36.3 Å². The fourth-order valence-electron chi connectivity index (χ4n) is 19.6. The van der Waals surface area contributed by atoms with Crippen molar-refractivity contribution < 1.29 is 9.47 Å². The first-order valence-electron chi connectivity index (χ1n) is 33.5. The van der Waals surface area contributed by atoms with Crippen molar-refractivity contribution in [2.24, 2.45) is 70.0 Å². The molecule has 0 bridgehead atoms. The quantitative estimate of drug-likeness (QED) is 0.154. The second kappa shape index (κ2) is 25.7. The number of nitrogens with zero attached hydrogens (tertiary/aromatic N) is 2. The van der Waals surface area contributed by atoms with E-state index in [0.29, 0.717) is 35.2 Å². The molecule has 0 spiro atoms. The summed E-state index contributed by atoms with van der Waals surface area (Å²) in [5.41, 5.74) is 0.847. The van der Waals surface area contributed by atoms with Gasteiger partial charge < -0.3 is 9.47 Å². The molecule has 9 aliphatic carbocycles. The molecule has 416 valence electrons. The van der Waals surface area contributed by atoms with E-state index in [4.69, 9.17) is 9.47 Å². The predicted molar refractivity (Wildman–Crippen MR) is 306 cm³/mol. The highest BCUT2D eigenvalue weighted by molar-refractivity contribution is 5.12. The maximum Gasteiger partial charge on any atom is 0.0582 e. The maximum atomic E-state index is 7.62. The summed E-state index contributed by atoms with van der Waals surface area (Å²) in [5, 5.41) is 0. The third-order valence-electron chi connectivity index (χ3n) is 24.0. The summed E-state index contributed by atoms with van der Waals surface area (Å²) >= 11 is 0. The van der Waals surface area contributed by atoms with Crippen LogP contribution in [0.25, 0.3) is 0 Å². The minimum absolute atomic E-state index is 0.424. The molecule has 0 aromatic rings. The van der Waals surface area contributed by atoms with Crippen LogP contribution >= 0.6 is 0 Å². The van der Waals surface area contributed by atoms with Crippen molar-refractivity contribution in [3.05, 3.63) is 0 Å². The van der Waals surface area contributed by atoms with Gasteiger partial charge in [0.25, 0.3) is 0 Å². The van der Waals surface area contributed by atoms with E-state index in [2.05, 4.69) is 79.0 Å². The van der Waals surface area contributed by atoms with Crippen LogP contribution in [0.5, 0.6) is 0 Å². The molecule has 0 amide bonds. The van der Waals surface area contributed by atoms with Crippen molar-refractivity contribution in [1.82, 2.24) is 9.80 Å². The van der Waals surface area contributed by atoms with E-state index >= 15 is 0 Å². The van der Waals surface area contributed by atoms with Crippen LogP contribution in [0.4, 0.5) is 0 Å². The lowest BCUT2D eigenvalue weighted by molar-refractivity contribution is -0.184. The Bertz CT molecular complexity index is 1430. The molecule has 0 N–H and O–H groups in total. The fourth-order valence-corrected chi connectivity index (χ4v) is 19.6. The molecule has 0 heterocycles. The molecule has 0 aliphatic heterocycles. The lowest BCUT2D eigenvalue weighted by atomic mass is 9.52. The molecule has 4 nitrogen and oxygen atoms in total. The lowest BCUT2D eigenvalue weighted by Crippen LogP contribution is -2.70. The number of hydrogen-bond donors (Lipinski definition) is 0. The Balaban J connectivity index is 1.08. The van der Waals surface area contributed by atoms with Gasteiger partial charge in [-0.1, -0.05) is 108 Å². The van der Waals surface area contributed by atoms with Crippen LogP contribution in [0.3, 0.4) is 0 Å². The van der Waals surface area contributed by atoms with Crippen LogP contribution < -0.4 is 0 Å². The predicted octanol–water partition coefficient (Wildman–Crippen LogP) is 18.8. The molecule has 72 heavy (non-hydrogen) atoms. The minimum atomic E-state index is 0.424. The summed E-state index contributed by atoms with van der Waals surface area (Å²) in [4.78, 5) is 7.00. The normalized spacial score (nSPS) is 43.8. The maximum absolute atomic E-state index is 7.62. The molecule has 8 atom stereocenters. The van der Waals surface area contributed by atoms with Gasteiger partial charge in [0.2, 0.25) is 0 Å². The van der Waals surface area contributed by atoms with E-state index < -0.39 is 0 Å². The standard InChI is InChI=1S/C68H122N2O2/c1-11-13-15-49-21-37-57(38-22-49)71-59-41-43-61-63(45-59)65(69(53-29-17-47(3)18-30-53)55-33-25-51(26-34-55)67(5,6)7)62-44-42-60(72-58-39-23-50(24-40-58)16-14-12-2)46-64(62)66(61)70(54-31-19-48(4)20-32-54)56-35-27-52(28-36-56)68(8,9)10/h47-66H,11-46H2,1-10H3. The lowest BCUT2D eigenvalue weighted by Gasteiger charge is -2.65. The minimum Gasteiger partial charge on any atom is -0.375 e. The van der Waals surface area contributed by atoms with E-state index in [1.807, 2.05) is 0 Å². The highest BCUT2D eigenvalue weighted by Crippen LogP contribution is 2.58. The molecular formula is C68H122N2O2. The summed E-state index contributed by atoms with van der Waals surface area (Å²) in [5.74, 6) is 8.57. The molecular weight excluding hydrogens is 877 g/mol. The molecule has 9 aliphatic rings. The highest BCUT2D eigenvalue weighted by atomic mass is 16.5. The Labute approximate surface area is 448 Å². The van der Waals surface area contributed by atoms with Crippen molar-refractivity contribution in [2.75, 3.05) is 0 Å². The summed E-state index contributed by atoms with van der Waals surface area (Å²) in [6.07, 6.45) is 52.7. The Morgan fingerprint density at radius 2 is 0.653 bits per heavy atom.